The molecule has 3 heteroatoms. The fourth-order valence-corrected chi connectivity index (χ4v) is 0. The number of hydrogen-bond donors (Lipinski definition) is 2. The van der Waals surface area contributed by atoms with Crippen molar-refractivity contribution in [2.75, 3.05) is 0 Å². The van der Waals surface area contributed by atoms with Crippen molar-refractivity contribution >= 4 is 9.52 Å². The average molecular weight is 218 g/mol. The van der Waals surface area contributed by atoms with Gasteiger partial charge in [-0.15, -0.1) is 12.3 Å². The maximum atomic E-state index is 5.35. The number of rotatable bonds is 1. The zero-order valence-corrected chi connectivity index (χ0v) is 12.6. The Morgan fingerprint density at radius 2 is 1.00 bits per heavy atom. The van der Waals surface area contributed by atoms with Gasteiger partial charge in [0.15, 0.2) is 0 Å². The van der Waals surface area contributed by atoms with Crippen LogP contribution in [0.5, 0.6) is 0 Å². The van der Waals surface area contributed by atoms with Crippen molar-refractivity contribution < 1.29 is 0 Å². The van der Waals surface area contributed by atoms with Crippen LogP contribution < -0.4 is 11.5 Å². The summed E-state index contributed by atoms with van der Waals surface area (Å²) in [6.45, 7) is 17.5. The van der Waals surface area contributed by atoms with Gasteiger partial charge in [-0.2, -0.15) is 0 Å². The van der Waals surface area contributed by atoms with Gasteiger partial charge in [-0.25, -0.2) is 0 Å². The second-order valence-electron chi connectivity index (χ2n) is 5.43. The van der Waals surface area contributed by atoms with Gasteiger partial charge in [0.05, 0.1) is 0 Å². The summed E-state index contributed by atoms with van der Waals surface area (Å²) in [6.07, 6.45) is 0. The van der Waals surface area contributed by atoms with Crippen LogP contribution in [0.15, 0.2) is 12.3 Å². The molecule has 0 spiro atoms. The SMILES string of the molecule is C=C[SiH2]C.CC(C)(C)N.CC(C)(C)N. The van der Waals surface area contributed by atoms with Gasteiger partial charge >= 0.3 is 0 Å². The third kappa shape index (κ3) is 1830. The summed E-state index contributed by atoms with van der Waals surface area (Å²) in [7, 11) is 0.188. The molecule has 0 unspecified atom stereocenters. The maximum Gasteiger partial charge on any atom is 0.0415 e. The molecular formula is C11H30N2Si. The smallest absolute Gasteiger partial charge is 0.0415 e. The molecule has 0 amide bonds. The van der Waals surface area contributed by atoms with Gasteiger partial charge in [0.25, 0.3) is 0 Å². The zero-order valence-electron chi connectivity index (χ0n) is 11.1. The second-order valence-corrected chi connectivity index (χ2v) is 6.82. The van der Waals surface area contributed by atoms with Crippen LogP contribution in [0.2, 0.25) is 6.55 Å². The zero-order chi connectivity index (χ0) is 12.4. The highest BCUT2D eigenvalue weighted by molar-refractivity contribution is 6.39. The minimum Gasteiger partial charge on any atom is -0.326 e. The lowest BCUT2D eigenvalue weighted by molar-refractivity contribution is 0.579. The Labute approximate surface area is 93.0 Å². The van der Waals surface area contributed by atoms with Gasteiger partial charge in [0.2, 0.25) is 0 Å². The molecule has 0 bridgehead atoms. The van der Waals surface area contributed by atoms with Crippen molar-refractivity contribution in [2.45, 2.75) is 59.2 Å². The standard InChI is InChI=1S/2C4H11N.C3H8Si/c2*1-4(2,3)5;1-3-4-2/h2*5H2,1-3H3;3H,1,4H2,2H3. The van der Waals surface area contributed by atoms with Crippen molar-refractivity contribution in [3.05, 3.63) is 12.3 Å². The Kier molecular flexibility index (Phi) is 13.1. The van der Waals surface area contributed by atoms with E-state index in [0.29, 0.717) is 0 Å². The first-order chi connectivity index (χ1) is 5.91. The topological polar surface area (TPSA) is 52.0 Å². The fourth-order valence-electron chi connectivity index (χ4n) is 0. The molecule has 4 N–H and O–H groups in total. The highest BCUT2D eigenvalue weighted by Gasteiger charge is 1.95. The largest absolute Gasteiger partial charge is 0.326 e. The minimum atomic E-state index is 0. The summed E-state index contributed by atoms with van der Waals surface area (Å²) in [4.78, 5) is 0. The molecule has 0 aliphatic carbocycles. The van der Waals surface area contributed by atoms with E-state index in [1.54, 1.807) is 0 Å². The van der Waals surface area contributed by atoms with E-state index in [1.807, 2.05) is 47.2 Å². The number of hydrogen-bond acceptors (Lipinski definition) is 2. The molecule has 0 saturated carbocycles. The quantitative estimate of drug-likeness (QED) is 0.660. The highest BCUT2D eigenvalue weighted by Crippen LogP contribution is 1.88. The molecule has 0 atom stereocenters. The van der Waals surface area contributed by atoms with Crippen molar-refractivity contribution in [3.8, 4) is 0 Å². The first kappa shape index (κ1) is 19.4. The van der Waals surface area contributed by atoms with Gasteiger partial charge in [-0.1, -0.05) is 6.55 Å². The lowest BCUT2D eigenvalue weighted by Gasteiger charge is -2.06. The van der Waals surface area contributed by atoms with Crippen molar-refractivity contribution in [2.24, 2.45) is 11.5 Å². The van der Waals surface area contributed by atoms with Gasteiger partial charge in [-0.3, -0.25) is 0 Å². The highest BCUT2D eigenvalue weighted by atomic mass is 28.2. The van der Waals surface area contributed by atoms with E-state index < -0.39 is 0 Å². The summed E-state index contributed by atoms with van der Waals surface area (Å²) in [5, 5.41) is 0. The predicted molar refractivity (Wildman–Crippen MR) is 72.5 cm³/mol. The fraction of sp³-hybridized carbons (Fsp3) is 0.818. The van der Waals surface area contributed by atoms with E-state index in [1.165, 1.54) is 0 Å². The molecule has 14 heavy (non-hydrogen) atoms. The molecule has 88 valence electrons. The Bertz CT molecular complexity index is 96.2. The Balaban J connectivity index is -0.000000131. The lowest BCUT2D eigenvalue weighted by atomic mass is 10.1. The summed E-state index contributed by atoms with van der Waals surface area (Å²) in [5.74, 6) is 0. The van der Waals surface area contributed by atoms with Crippen molar-refractivity contribution in [1.29, 1.82) is 0 Å². The summed E-state index contributed by atoms with van der Waals surface area (Å²) in [6, 6.07) is 0. The Morgan fingerprint density at radius 1 is 0.929 bits per heavy atom. The molecule has 0 aromatic rings. The Morgan fingerprint density at radius 3 is 1.00 bits per heavy atom. The van der Waals surface area contributed by atoms with Gasteiger partial charge in [-0.05, 0) is 41.5 Å². The normalized spacial score (nSPS) is 11.2. The molecule has 0 heterocycles. The molecule has 0 saturated heterocycles. The monoisotopic (exact) mass is 218 g/mol. The van der Waals surface area contributed by atoms with Crippen LogP contribution in [0.1, 0.15) is 41.5 Å². The summed E-state index contributed by atoms with van der Waals surface area (Å²) in [5.41, 5.74) is 12.7. The van der Waals surface area contributed by atoms with Crippen LogP contribution in [0.3, 0.4) is 0 Å². The van der Waals surface area contributed by atoms with E-state index in [2.05, 4.69) is 13.1 Å². The third-order valence-corrected chi connectivity index (χ3v) is 0.866. The predicted octanol–water partition coefficient (Wildman–Crippen LogP) is 1.83. The van der Waals surface area contributed by atoms with E-state index in [0.717, 1.165) is 0 Å². The molecule has 0 aromatic carbocycles. The minimum absolute atomic E-state index is 0. The van der Waals surface area contributed by atoms with Crippen LogP contribution >= 0.6 is 0 Å². The first-order valence-corrected chi connectivity index (χ1v) is 7.33. The maximum absolute atomic E-state index is 5.35. The molecule has 0 fully saturated rings. The summed E-state index contributed by atoms with van der Waals surface area (Å²) < 4.78 is 0. The number of nitrogens with two attached hydrogens (primary N) is 2. The molecular weight excluding hydrogens is 188 g/mol. The second kappa shape index (κ2) is 9.43. The summed E-state index contributed by atoms with van der Waals surface area (Å²) >= 11 is 0. The van der Waals surface area contributed by atoms with Gasteiger partial charge in [0, 0.05) is 20.6 Å². The first-order valence-electron chi connectivity index (χ1n) is 5.10. The van der Waals surface area contributed by atoms with Crippen molar-refractivity contribution in [3.63, 3.8) is 0 Å². The molecule has 0 rings (SSSR count). The molecule has 0 aliphatic rings. The van der Waals surface area contributed by atoms with Gasteiger partial charge < -0.3 is 11.5 Å². The van der Waals surface area contributed by atoms with Crippen LogP contribution in [0.25, 0.3) is 0 Å². The van der Waals surface area contributed by atoms with E-state index >= 15 is 0 Å². The third-order valence-electron chi connectivity index (χ3n) is 0.289. The van der Waals surface area contributed by atoms with Crippen LogP contribution in [0.4, 0.5) is 0 Å². The van der Waals surface area contributed by atoms with Crippen molar-refractivity contribution in [1.82, 2.24) is 0 Å². The molecule has 0 aliphatic heterocycles. The average Bonchev–Trinajstić information content (AvgIpc) is 1.79. The van der Waals surface area contributed by atoms with E-state index in [-0.39, 0.29) is 20.6 Å². The molecule has 2 nitrogen and oxygen atoms in total. The lowest BCUT2D eigenvalue weighted by Crippen LogP contribution is -2.26. The Hall–Kier alpha value is -0.123. The molecule has 0 aromatic heterocycles. The van der Waals surface area contributed by atoms with E-state index in [4.69, 9.17) is 11.5 Å². The molecule has 0 radical (unpaired) electrons. The van der Waals surface area contributed by atoms with Crippen LogP contribution in [0, 0.1) is 0 Å². The van der Waals surface area contributed by atoms with Crippen LogP contribution in [-0.2, 0) is 0 Å². The van der Waals surface area contributed by atoms with Gasteiger partial charge in [0.1, 0.15) is 0 Å². The van der Waals surface area contributed by atoms with Crippen LogP contribution in [-0.4, -0.2) is 20.6 Å². The van der Waals surface area contributed by atoms with E-state index in [9.17, 15) is 0 Å².